The Morgan fingerprint density at radius 3 is 3.06 bits per heavy atom. The van der Waals surface area contributed by atoms with E-state index in [1.807, 2.05) is 12.1 Å². The molecule has 0 unspecified atom stereocenters. The van der Waals surface area contributed by atoms with E-state index in [0.717, 1.165) is 24.6 Å². The molecule has 2 nitrogen and oxygen atoms in total. The molecule has 0 spiro atoms. The Hall–Kier alpha value is -0.580. The summed E-state index contributed by atoms with van der Waals surface area (Å²) in [6.45, 7) is 2.11. The third-order valence-electron chi connectivity index (χ3n) is 2.06. The van der Waals surface area contributed by atoms with Gasteiger partial charge in [-0.1, -0.05) is 12.1 Å². The van der Waals surface area contributed by atoms with Crippen LogP contribution >= 0.6 is 11.8 Å². The zero-order valence-corrected chi connectivity index (χ0v) is 10.4. The molecule has 0 aromatic heterocycles. The van der Waals surface area contributed by atoms with Gasteiger partial charge in [-0.2, -0.15) is 0 Å². The summed E-state index contributed by atoms with van der Waals surface area (Å²) in [7, 11) is 1.69. The Kier molecular flexibility index (Phi) is 7.21. The molecule has 0 amide bonds. The zero-order chi connectivity index (χ0) is 11.6. The fraction of sp³-hybridized carbons (Fsp3) is 0.500. The van der Waals surface area contributed by atoms with Crippen molar-refractivity contribution in [3.8, 4) is 0 Å². The summed E-state index contributed by atoms with van der Waals surface area (Å²) in [6.07, 6.45) is 0. The number of hydrogen-bond donors (Lipinski definition) is 1. The van der Waals surface area contributed by atoms with Crippen molar-refractivity contribution in [2.45, 2.75) is 11.4 Å². The first-order valence-electron chi connectivity index (χ1n) is 5.34. The van der Waals surface area contributed by atoms with Crippen LogP contribution in [0.25, 0.3) is 0 Å². The highest BCUT2D eigenvalue weighted by Crippen LogP contribution is 2.18. The van der Waals surface area contributed by atoms with Crippen molar-refractivity contribution in [1.82, 2.24) is 5.32 Å². The quantitative estimate of drug-likeness (QED) is 0.560. The van der Waals surface area contributed by atoms with Gasteiger partial charge in [0.1, 0.15) is 0 Å². The lowest BCUT2D eigenvalue weighted by molar-refractivity contribution is 0.199. The average Bonchev–Trinajstić information content (AvgIpc) is 2.33. The van der Waals surface area contributed by atoms with Crippen molar-refractivity contribution < 1.29 is 9.13 Å². The van der Waals surface area contributed by atoms with E-state index in [0.29, 0.717) is 5.75 Å². The van der Waals surface area contributed by atoms with Gasteiger partial charge in [0.25, 0.3) is 0 Å². The summed E-state index contributed by atoms with van der Waals surface area (Å²) < 4.78 is 17.0. The summed E-state index contributed by atoms with van der Waals surface area (Å²) in [5, 5.41) is 3.28. The maximum Gasteiger partial charge on any atom is 0.0988 e. The molecule has 1 N–H and O–H groups in total. The van der Waals surface area contributed by atoms with Crippen LogP contribution in [0.4, 0.5) is 4.39 Å². The number of halogens is 1. The van der Waals surface area contributed by atoms with E-state index < -0.39 is 0 Å². The van der Waals surface area contributed by atoms with Crippen molar-refractivity contribution >= 4 is 11.8 Å². The second kappa shape index (κ2) is 8.56. The monoisotopic (exact) mass is 243 g/mol. The first-order chi connectivity index (χ1) is 7.86. The van der Waals surface area contributed by atoms with Gasteiger partial charge in [-0.25, -0.2) is 0 Å². The first kappa shape index (κ1) is 13.5. The SMILES string of the molecule is COCCNCc1cccc(SCCF)c1. The molecule has 0 aliphatic carbocycles. The zero-order valence-electron chi connectivity index (χ0n) is 9.54. The Balaban J connectivity index is 2.35. The molecule has 1 aromatic carbocycles. The molecule has 0 atom stereocenters. The molecule has 0 saturated heterocycles. The van der Waals surface area contributed by atoms with Crippen molar-refractivity contribution in [2.75, 3.05) is 32.7 Å². The van der Waals surface area contributed by atoms with Gasteiger partial charge in [-0.15, -0.1) is 11.8 Å². The summed E-state index contributed by atoms with van der Waals surface area (Å²) >= 11 is 1.55. The summed E-state index contributed by atoms with van der Waals surface area (Å²) in [5.41, 5.74) is 1.22. The van der Waals surface area contributed by atoms with E-state index in [1.165, 1.54) is 5.56 Å². The van der Waals surface area contributed by atoms with Gasteiger partial charge in [0.2, 0.25) is 0 Å². The molecule has 0 fully saturated rings. The number of hydrogen-bond acceptors (Lipinski definition) is 3. The van der Waals surface area contributed by atoms with Crippen molar-refractivity contribution in [3.63, 3.8) is 0 Å². The molecule has 1 aromatic rings. The molecule has 0 aliphatic heterocycles. The topological polar surface area (TPSA) is 21.3 Å². The minimum Gasteiger partial charge on any atom is -0.383 e. The second-order valence-corrected chi connectivity index (χ2v) is 4.52. The minimum absolute atomic E-state index is 0.277. The number of nitrogens with one attached hydrogen (secondary N) is 1. The molecule has 4 heteroatoms. The molecule has 0 heterocycles. The molecule has 0 radical (unpaired) electrons. The number of rotatable bonds is 8. The highest BCUT2D eigenvalue weighted by atomic mass is 32.2. The van der Waals surface area contributed by atoms with Crippen LogP contribution in [0, 0.1) is 0 Å². The van der Waals surface area contributed by atoms with Crippen LogP contribution in [-0.2, 0) is 11.3 Å². The van der Waals surface area contributed by atoms with E-state index in [-0.39, 0.29) is 6.67 Å². The molecule has 0 saturated carbocycles. The minimum atomic E-state index is -0.277. The lowest BCUT2D eigenvalue weighted by Gasteiger charge is -2.06. The van der Waals surface area contributed by atoms with Crippen LogP contribution in [0.1, 0.15) is 5.56 Å². The molecule has 16 heavy (non-hydrogen) atoms. The number of ether oxygens (including phenoxy) is 1. The van der Waals surface area contributed by atoms with Gasteiger partial charge in [0.05, 0.1) is 13.3 Å². The maximum atomic E-state index is 12.0. The van der Waals surface area contributed by atoms with Gasteiger partial charge in [0, 0.05) is 30.8 Å². The molecule has 1 rings (SSSR count). The molecular formula is C12H18FNOS. The number of benzene rings is 1. The van der Waals surface area contributed by atoms with Crippen LogP contribution in [-0.4, -0.2) is 32.7 Å². The summed E-state index contributed by atoms with van der Waals surface area (Å²) in [5.74, 6) is 0.528. The van der Waals surface area contributed by atoms with Crippen LogP contribution in [0.2, 0.25) is 0 Å². The Bertz CT molecular complexity index is 296. The van der Waals surface area contributed by atoms with E-state index in [4.69, 9.17) is 4.74 Å². The second-order valence-electron chi connectivity index (χ2n) is 3.35. The molecule has 90 valence electrons. The third kappa shape index (κ3) is 5.49. The predicted molar refractivity (Wildman–Crippen MR) is 66.7 cm³/mol. The summed E-state index contributed by atoms with van der Waals surface area (Å²) in [6, 6.07) is 8.19. The Morgan fingerprint density at radius 1 is 1.44 bits per heavy atom. The number of alkyl halides is 1. The predicted octanol–water partition coefficient (Wildman–Crippen LogP) is 2.48. The van der Waals surface area contributed by atoms with E-state index in [1.54, 1.807) is 18.9 Å². The highest BCUT2D eigenvalue weighted by molar-refractivity contribution is 7.99. The average molecular weight is 243 g/mol. The van der Waals surface area contributed by atoms with Crippen molar-refractivity contribution in [1.29, 1.82) is 0 Å². The van der Waals surface area contributed by atoms with E-state index in [2.05, 4.69) is 17.4 Å². The number of thioether (sulfide) groups is 1. The highest BCUT2D eigenvalue weighted by Gasteiger charge is 1.96. The normalized spacial score (nSPS) is 10.6. The maximum absolute atomic E-state index is 12.0. The van der Waals surface area contributed by atoms with Crippen LogP contribution in [0.15, 0.2) is 29.2 Å². The standard InChI is InChI=1S/C12H18FNOS/c1-15-7-6-14-10-11-3-2-4-12(9-11)16-8-5-13/h2-4,9,14H,5-8,10H2,1H3. The summed E-state index contributed by atoms with van der Waals surface area (Å²) in [4.78, 5) is 1.13. The van der Waals surface area contributed by atoms with E-state index >= 15 is 0 Å². The van der Waals surface area contributed by atoms with Crippen LogP contribution in [0.5, 0.6) is 0 Å². The van der Waals surface area contributed by atoms with Crippen LogP contribution < -0.4 is 5.32 Å². The fourth-order valence-corrected chi connectivity index (χ4v) is 2.03. The van der Waals surface area contributed by atoms with E-state index in [9.17, 15) is 4.39 Å². The van der Waals surface area contributed by atoms with Crippen molar-refractivity contribution in [2.24, 2.45) is 0 Å². The molecule has 0 bridgehead atoms. The lowest BCUT2D eigenvalue weighted by atomic mass is 10.2. The first-order valence-corrected chi connectivity index (χ1v) is 6.32. The molecular weight excluding hydrogens is 225 g/mol. The molecule has 0 aliphatic rings. The van der Waals surface area contributed by atoms with Crippen LogP contribution in [0.3, 0.4) is 0 Å². The van der Waals surface area contributed by atoms with Crippen molar-refractivity contribution in [3.05, 3.63) is 29.8 Å². The Morgan fingerprint density at radius 2 is 2.31 bits per heavy atom. The Labute approximate surface area is 101 Å². The number of methoxy groups -OCH3 is 1. The van der Waals surface area contributed by atoms with Gasteiger partial charge < -0.3 is 10.1 Å². The fourth-order valence-electron chi connectivity index (χ4n) is 1.31. The van der Waals surface area contributed by atoms with Gasteiger partial charge in [-0.05, 0) is 17.7 Å². The van der Waals surface area contributed by atoms with Gasteiger partial charge in [-0.3, -0.25) is 4.39 Å². The smallest absolute Gasteiger partial charge is 0.0988 e. The third-order valence-corrected chi connectivity index (χ3v) is 3.00. The van der Waals surface area contributed by atoms with Gasteiger partial charge in [0.15, 0.2) is 0 Å². The largest absolute Gasteiger partial charge is 0.383 e. The van der Waals surface area contributed by atoms with Gasteiger partial charge >= 0.3 is 0 Å². The lowest BCUT2D eigenvalue weighted by Crippen LogP contribution is -2.18.